The van der Waals surface area contributed by atoms with Gasteiger partial charge in [-0.3, -0.25) is 4.79 Å². The van der Waals surface area contributed by atoms with Gasteiger partial charge in [0.2, 0.25) is 0 Å². The zero-order chi connectivity index (χ0) is 19.7. The first-order valence-corrected chi connectivity index (χ1v) is 10.5. The summed E-state index contributed by atoms with van der Waals surface area (Å²) in [5.41, 5.74) is 3.64. The van der Waals surface area contributed by atoms with Crippen molar-refractivity contribution < 1.29 is 4.79 Å². The van der Waals surface area contributed by atoms with Gasteiger partial charge in [-0.1, -0.05) is 18.2 Å². The highest BCUT2D eigenvalue weighted by Gasteiger charge is 2.30. The Morgan fingerprint density at radius 1 is 1.36 bits per heavy atom. The minimum Gasteiger partial charge on any atom is -0.331 e. The van der Waals surface area contributed by atoms with Gasteiger partial charge in [0.05, 0.1) is 11.9 Å². The Balaban J connectivity index is 1.58. The van der Waals surface area contributed by atoms with Gasteiger partial charge in [-0.2, -0.15) is 5.10 Å². The first kappa shape index (κ1) is 18.8. The van der Waals surface area contributed by atoms with E-state index >= 15 is 0 Å². The summed E-state index contributed by atoms with van der Waals surface area (Å²) in [6, 6.07) is 8.51. The lowest BCUT2D eigenvalue weighted by molar-refractivity contribution is 0.0621. The monoisotopic (exact) mass is 395 g/mol. The van der Waals surface area contributed by atoms with Crippen molar-refractivity contribution in [2.45, 2.75) is 39.3 Å². The maximum atomic E-state index is 13.1. The number of benzene rings is 1. The van der Waals surface area contributed by atoms with Gasteiger partial charge < -0.3 is 10.2 Å². The number of hydrogen-bond donors (Lipinski definition) is 1. The van der Waals surface area contributed by atoms with E-state index in [1.165, 1.54) is 11.3 Å². The van der Waals surface area contributed by atoms with Crippen LogP contribution in [0.1, 0.15) is 36.3 Å². The van der Waals surface area contributed by atoms with E-state index in [1.54, 1.807) is 6.20 Å². The predicted octanol–water partition coefficient (Wildman–Crippen LogP) is 3.52. The molecule has 1 saturated heterocycles. The second-order valence-electron chi connectivity index (χ2n) is 7.45. The quantitative estimate of drug-likeness (QED) is 0.718. The van der Waals surface area contributed by atoms with E-state index in [-0.39, 0.29) is 18.0 Å². The first-order valence-electron chi connectivity index (χ1n) is 9.64. The SMILES string of the molecule is Cc1ccccc1-n1cc(-c2nc(C(=O)N(C(C)C)[C@H]3CCNC3)cs2)cn1. The number of para-hydroxylation sites is 1. The zero-order valence-electron chi connectivity index (χ0n) is 16.4. The van der Waals surface area contributed by atoms with E-state index in [4.69, 9.17) is 0 Å². The second kappa shape index (κ2) is 7.85. The average Bonchev–Trinajstić information content (AvgIpc) is 3.43. The molecule has 1 aliphatic rings. The molecule has 1 aromatic carbocycles. The molecule has 28 heavy (non-hydrogen) atoms. The van der Waals surface area contributed by atoms with Crippen LogP contribution in [0.3, 0.4) is 0 Å². The van der Waals surface area contributed by atoms with Crippen LogP contribution in [-0.2, 0) is 0 Å². The highest BCUT2D eigenvalue weighted by Crippen LogP contribution is 2.26. The van der Waals surface area contributed by atoms with Crippen LogP contribution in [0.15, 0.2) is 42.0 Å². The third kappa shape index (κ3) is 3.59. The van der Waals surface area contributed by atoms with E-state index < -0.39 is 0 Å². The molecule has 3 aromatic rings. The maximum absolute atomic E-state index is 13.1. The van der Waals surface area contributed by atoms with Crippen molar-refractivity contribution in [1.29, 1.82) is 0 Å². The van der Waals surface area contributed by atoms with Crippen LogP contribution in [0.2, 0.25) is 0 Å². The Hall–Kier alpha value is -2.51. The first-order chi connectivity index (χ1) is 13.5. The van der Waals surface area contributed by atoms with E-state index in [9.17, 15) is 4.79 Å². The van der Waals surface area contributed by atoms with E-state index in [0.29, 0.717) is 5.69 Å². The van der Waals surface area contributed by atoms with Gasteiger partial charge in [0.15, 0.2) is 0 Å². The topological polar surface area (TPSA) is 63.1 Å². The fraction of sp³-hybridized carbons (Fsp3) is 0.381. The predicted molar refractivity (Wildman–Crippen MR) is 112 cm³/mol. The second-order valence-corrected chi connectivity index (χ2v) is 8.31. The molecule has 1 atom stereocenters. The number of thiazole rings is 1. The number of aromatic nitrogens is 3. The smallest absolute Gasteiger partial charge is 0.273 e. The van der Waals surface area contributed by atoms with Crippen LogP contribution >= 0.6 is 11.3 Å². The summed E-state index contributed by atoms with van der Waals surface area (Å²) < 4.78 is 1.86. The normalized spacial score (nSPS) is 16.6. The molecule has 0 saturated carbocycles. The fourth-order valence-electron chi connectivity index (χ4n) is 3.72. The molecule has 0 aliphatic carbocycles. The van der Waals surface area contributed by atoms with Crippen molar-refractivity contribution in [1.82, 2.24) is 25.0 Å². The molecule has 0 unspecified atom stereocenters. The summed E-state index contributed by atoms with van der Waals surface area (Å²) in [6.45, 7) is 8.01. The summed E-state index contributed by atoms with van der Waals surface area (Å²) in [6.07, 6.45) is 4.77. The number of nitrogens with zero attached hydrogens (tertiary/aromatic N) is 4. The van der Waals surface area contributed by atoms with E-state index in [2.05, 4.69) is 42.2 Å². The largest absolute Gasteiger partial charge is 0.331 e. The van der Waals surface area contributed by atoms with Crippen LogP contribution in [0.25, 0.3) is 16.3 Å². The van der Waals surface area contributed by atoms with Crippen molar-refractivity contribution >= 4 is 17.2 Å². The van der Waals surface area contributed by atoms with Crippen LogP contribution < -0.4 is 5.32 Å². The molecule has 0 radical (unpaired) electrons. The minimum atomic E-state index is 0.0116. The number of nitrogens with one attached hydrogen (secondary N) is 1. The summed E-state index contributed by atoms with van der Waals surface area (Å²) in [5.74, 6) is 0.0116. The summed E-state index contributed by atoms with van der Waals surface area (Å²) in [4.78, 5) is 19.7. The molecule has 0 spiro atoms. The lowest BCUT2D eigenvalue weighted by Gasteiger charge is -2.31. The van der Waals surface area contributed by atoms with Crippen molar-refractivity contribution in [2.75, 3.05) is 13.1 Å². The number of rotatable bonds is 5. The van der Waals surface area contributed by atoms with Crippen LogP contribution in [0.4, 0.5) is 0 Å². The third-order valence-electron chi connectivity index (χ3n) is 5.13. The van der Waals surface area contributed by atoms with Gasteiger partial charge in [0.25, 0.3) is 5.91 Å². The van der Waals surface area contributed by atoms with Crippen molar-refractivity contribution in [3.05, 3.63) is 53.3 Å². The molecule has 1 N–H and O–H groups in total. The molecular formula is C21H25N5OS. The number of hydrogen-bond acceptors (Lipinski definition) is 5. The summed E-state index contributed by atoms with van der Waals surface area (Å²) >= 11 is 1.49. The Kier molecular flexibility index (Phi) is 5.28. The van der Waals surface area contributed by atoms with Gasteiger partial charge in [-0.05, 0) is 45.4 Å². The molecular weight excluding hydrogens is 370 g/mol. The van der Waals surface area contributed by atoms with Crippen molar-refractivity contribution in [3.8, 4) is 16.3 Å². The van der Waals surface area contributed by atoms with Gasteiger partial charge in [0.1, 0.15) is 10.7 Å². The highest BCUT2D eigenvalue weighted by molar-refractivity contribution is 7.13. The molecule has 7 heteroatoms. The fourth-order valence-corrected chi connectivity index (χ4v) is 4.49. The number of carbonyl (C=O) groups is 1. The number of aryl methyl sites for hydroxylation is 1. The molecule has 2 aromatic heterocycles. The standard InChI is InChI=1S/C21H25N5OS/c1-14(2)26(17-8-9-22-11-17)21(27)18-13-28-20(24-18)16-10-23-25(12-16)19-7-5-4-6-15(19)3/h4-7,10,12-14,17,22H,8-9,11H2,1-3H3/t17-/m0/s1. The lowest BCUT2D eigenvalue weighted by Crippen LogP contribution is -2.46. The summed E-state index contributed by atoms with van der Waals surface area (Å²) in [5, 5.41) is 10.5. The van der Waals surface area contributed by atoms with E-state index in [1.807, 2.05) is 39.4 Å². The average molecular weight is 396 g/mol. The zero-order valence-corrected chi connectivity index (χ0v) is 17.2. The number of carbonyl (C=O) groups excluding carboxylic acids is 1. The van der Waals surface area contributed by atoms with E-state index in [0.717, 1.165) is 41.3 Å². The minimum absolute atomic E-state index is 0.0116. The summed E-state index contributed by atoms with van der Waals surface area (Å²) in [7, 11) is 0. The van der Waals surface area contributed by atoms with Crippen molar-refractivity contribution in [2.24, 2.45) is 0 Å². The molecule has 3 heterocycles. The Labute approximate surface area is 169 Å². The molecule has 4 rings (SSSR count). The lowest BCUT2D eigenvalue weighted by atomic mass is 10.1. The Morgan fingerprint density at radius 3 is 2.89 bits per heavy atom. The van der Waals surface area contributed by atoms with Crippen LogP contribution in [-0.4, -0.2) is 50.7 Å². The molecule has 1 fully saturated rings. The van der Waals surface area contributed by atoms with Gasteiger partial charge >= 0.3 is 0 Å². The van der Waals surface area contributed by atoms with Crippen LogP contribution in [0, 0.1) is 6.92 Å². The number of amides is 1. The van der Waals surface area contributed by atoms with Crippen molar-refractivity contribution in [3.63, 3.8) is 0 Å². The Bertz CT molecular complexity index is 971. The van der Waals surface area contributed by atoms with Gasteiger partial charge in [-0.25, -0.2) is 9.67 Å². The highest BCUT2D eigenvalue weighted by atomic mass is 32.1. The Morgan fingerprint density at radius 2 is 2.18 bits per heavy atom. The van der Waals surface area contributed by atoms with Gasteiger partial charge in [0, 0.05) is 35.8 Å². The molecule has 0 bridgehead atoms. The van der Waals surface area contributed by atoms with Gasteiger partial charge in [-0.15, -0.1) is 11.3 Å². The maximum Gasteiger partial charge on any atom is 0.273 e. The molecule has 1 aliphatic heterocycles. The molecule has 146 valence electrons. The molecule has 6 nitrogen and oxygen atoms in total. The van der Waals surface area contributed by atoms with Crippen LogP contribution in [0.5, 0.6) is 0 Å². The third-order valence-corrected chi connectivity index (χ3v) is 6.03. The molecule has 1 amide bonds.